The molecule has 0 saturated carbocycles. The van der Waals surface area contributed by atoms with E-state index in [4.69, 9.17) is 24.4 Å². The highest BCUT2D eigenvalue weighted by atomic mass is 32.2. The van der Waals surface area contributed by atoms with Gasteiger partial charge in [-0.15, -0.1) is 0 Å². The zero-order chi connectivity index (χ0) is 15.7. The fraction of sp³-hybridized carbons (Fsp3) is 0. The SMILES string of the molecule is O=C1NC(=S)S/C1=C\c1ccc(/C=C2/SC(=S)NC2=O)cc1. The van der Waals surface area contributed by atoms with Gasteiger partial charge in [-0.2, -0.15) is 0 Å². The van der Waals surface area contributed by atoms with Crippen LogP contribution in [0, 0.1) is 0 Å². The van der Waals surface area contributed by atoms with Crippen molar-refractivity contribution in [3.8, 4) is 0 Å². The minimum atomic E-state index is -0.172. The van der Waals surface area contributed by atoms with Crippen LogP contribution in [0.25, 0.3) is 12.2 Å². The average molecular weight is 364 g/mol. The summed E-state index contributed by atoms with van der Waals surface area (Å²) in [6, 6.07) is 7.52. The van der Waals surface area contributed by atoms with E-state index in [1.165, 1.54) is 23.5 Å². The fourth-order valence-electron chi connectivity index (χ4n) is 1.83. The molecular weight excluding hydrogens is 356 g/mol. The maximum atomic E-state index is 11.6. The van der Waals surface area contributed by atoms with Crippen molar-refractivity contribution >= 4 is 80.6 Å². The lowest BCUT2D eigenvalue weighted by Gasteiger charge is -1.98. The number of benzene rings is 1. The monoisotopic (exact) mass is 364 g/mol. The van der Waals surface area contributed by atoms with E-state index >= 15 is 0 Å². The van der Waals surface area contributed by atoms with Crippen molar-refractivity contribution in [3.63, 3.8) is 0 Å². The highest BCUT2D eigenvalue weighted by molar-refractivity contribution is 8.27. The Balaban J connectivity index is 1.79. The molecule has 0 aliphatic carbocycles. The zero-order valence-electron chi connectivity index (χ0n) is 10.9. The van der Waals surface area contributed by atoms with E-state index in [-0.39, 0.29) is 11.8 Å². The topological polar surface area (TPSA) is 58.2 Å². The van der Waals surface area contributed by atoms with Gasteiger partial charge < -0.3 is 10.6 Å². The van der Waals surface area contributed by atoms with Crippen LogP contribution in [0.15, 0.2) is 34.1 Å². The molecule has 2 aliphatic rings. The van der Waals surface area contributed by atoms with Crippen LogP contribution in [0.1, 0.15) is 11.1 Å². The van der Waals surface area contributed by atoms with Crippen molar-refractivity contribution in [1.82, 2.24) is 10.6 Å². The van der Waals surface area contributed by atoms with Crippen LogP contribution in [0.5, 0.6) is 0 Å². The van der Waals surface area contributed by atoms with E-state index in [1.54, 1.807) is 12.2 Å². The first kappa shape index (κ1) is 15.4. The molecular formula is C14H8N2O2S4. The van der Waals surface area contributed by atoms with Crippen LogP contribution in [0.3, 0.4) is 0 Å². The molecule has 3 rings (SSSR count). The molecule has 0 spiro atoms. The lowest BCUT2D eigenvalue weighted by Crippen LogP contribution is -2.17. The normalized spacial score (nSPS) is 21.6. The maximum absolute atomic E-state index is 11.6. The third kappa shape index (κ3) is 3.46. The third-order valence-corrected chi connectivity index (χ3v) is 5.14. The molecule has 22 heavy (non-hydrogen) atoms. The first-order chi connectivity index (χ1) is 10.5. The molecule has 1 aromatic rings. The van der Waals surface area contributed by atoms with Gasteiger partial charge in [-0.05, 0) is 23.3 Å². The molecule has 2 fully saturated rings. The number of carbonyl (C=O) groups is 2. The molecule has 0 aromatic heterocycles. The van der Waals surface area contributed by atoms with E-state index in [1.807, 2.05) is 24.3 Å². The van der Waals surface area contributed by atoms with Gasteiger partial charge in [0.05, 0.1) is 9.81 Å². The Labute approximate surface area is 145 Å². The summed E-state index contributed by atoms with van der Waals surface area (Å²) in [5.41, 5.74) is 1.78. The Morgan fingerprint density at radius 1 is 0.773 bits per heavy atom. The van der Waals surface area contributed by atoms with E-state index in [9.17, 15) is 9.59 Å². The number of thioether (sulfide) groups is 2. The summed E-state index contributed by atoms with van der Waals surface area (Å²) in [6.45, 7) is 0. The molecule has 0 radical (unpaired) electrons. The molecule has 0 unspecified atom stereocenters. The smallest absolute Gasteiger partial charge is 0.263 e. The van der Waals surface area contributed by atoms with Crippen molar-refractivity contribution < 1.29 is 9.59 Å². The number of amides is 2. The molecule has 0 bridgehead atoms. The summed E-state index contributed by atoms with van der Waals surface area (Å²) < 4.78 is 0.940. The van der Waals surface area contributed by atoms with E-state index in [0.717, 1.165) is 11.1 Å². The van der Waals surface area contributed by atoms with Crippen LogP contribution in [0.2, 0.25) is 0 Å². The Bertz CT molecular complexity index is 701. The highest BCUT2D eigenvalue weighted by Gasteiger charge is 2.22. The minimum absolute atomic E-state index is 0.172. The molecule has 4 nitrogen and oxygen atoms in total. The molecule has 2 N–H and O–H groups in total. The Hall–Kier alpha value is -1.48. The van der Waals surface area contributed by atoms with Crippen LogP contribution in [0.4, 0.5) is 0 Å². The summed E-state index contributed by atoms with van der Waals surface area (Å²) in [6.07, 6.45) is 3.56. The lowest BCUT2D eigenvalue weighted by atomic mass is 10.1. The molecule has 1 aromatic carbocycles. The van der Waals surface area contributed by atoms with E-state index in [2.05, 4.69) is 10.6 Å². The molecule has 2 saturated heterocycles. The minimum Gasteiger partial charge on any atom is -0.307 e. The Morgan fingerprint density at radius 3 is 1.41 bits per heavy atom. The molecule has 8 heteroatoms. The number of carbonyl (C=O) groups excluding carboxylic acids is 2. The second kappa shape index (κ2) is 6.33. The second-order valence-electron chi connectivity index (χ2n) is 4.37. The lowest BCUT2D eigenvalue weighted by molar-refractivity contribution is -0.116. The van der Waals surface area contributed by atoms with Crippen LogP contribution in [-0.4, -0.2) is 20.5 Å². The number of thiocarbonyl (C=S) groups is 2. The zero-order valence-corrected chi connectivity index (χ0v) is 14.2. The van der Waals surface area contributed by atoms with E-state index in [0.29, 0.717) is 18.5 Å². The Kier molecular flexibility index (Phi) is 4.44. The summed E-state index contributed by atoms with van der Waals surface area (Å²) >= 11 is 12.4. The van der Waals surface area contributed by atoms with Gasteiger partial charge in [0, 0.05) is 0 Å². The molecule has 2 heterocycles. The van der Waals surface area contributed by atoms with Gasteiger partial charge in [0.1, 0.15) is 8.64 Å². The van der Waals surface area contributed by atoms with Crippen molar-refractivity contribution in [3.05, 3.63) is 45.2 Å². The van der Waals surface area contributed by atoms with Gasteiger partial charge in [-0.25, -0.2) is 0 Å². The van der Waals surface area contributed by atoms with Gasteiger partial charge in [0.2, 0.25) is 0 Å². The first-order valence-corrected chi connectivity index (χ1v) is 8.56. The quantitative estimate of drug-likeness (QED) is 0.622. The number of hydrogen-bond donors (Lipinski definition) is 2. The average Bonchev–Trinajstić information content (AvgIpc) is 2.94. The molecule has 2 aliphatic heterocycles. The van der Waals surface area contributed by atoms with Gasteiger partial charge in [0.15, 0.2) is 0 Å². The van der Waals surface area contributed by atoms with Crippen LogP contribution < -0.4 is 10.6 Å². The molecule has 2 amide bonds. The van der Waals surface area contributed by atoms with Crippen molar-refractivity contribution in [1.29, 1.82) is 0 Å². The van der Waals surface area contributed by atoms with Gasteiger partial charge in [-0.1, -0.05) is 72.2 Å². The number of nitrogens with one attached hydrogen (secondary N) is 2. The van der Waals surface area contributed by atoms with Crippen molar-refractivity contribution in [2.24, 2.45) is 0 Å². The van der Waals surface area contributed by atoms with Crippen LogP contribution in [-0.2, 0) is 9.59 Å². The fourth-order valence-corrected chi connectivity index (χ4v) is 3.92. The maximum Gasteiger partial charge on any atom is 0.263 e. The Morgan fingerprint density at radius 2 is 1.14 bits per heavy atom. The van der Waals surface area contributed by atoms with Crippen molar-refractivity contribution in [2.45, 2.75) is 0 Å². The number of hydrogen-bond acceptors (Lipinski definition) is 6. The van der Waals surface area contributed by atoms with Gasteiger partial charge >= 0.3 is 0 Å². The predicted molar refractivity (Wildman–Crippen MR) is 99.1 cm³/mol. The van der Waals surface area contributed by atoms with Gasteiger partial charge in [-0.3, -0.25) is 9.59 Å². The number of rotatable bonds is 2. The van der Waals surface area contributed by atoms with Crippen molar-refractivity contribution in [2.75, 3.05) is 0 Å². The third-order valence-electron chi connectivity index (χ3n) is 2.82. The standard InChI is InChI=1S/C14H8N2O2S4/c17-11-9(21-13(19)15-11)5-7-1-2-8(4-3-7)6-10-12(18)16-14(20)22-10/h1-6H,(H,15,17,19)(H,16,18,20)/b9-5-,10-6+. The predicted octanol–water partition coefficient (Wildman–Crippen LogP) is 2.66. The first-order valence-electron chi connectivity index (χ1n) is 6.11. The summed E-state index contributed by atoms with van der Waals surface area (Å²) in [5, 5.41) is 5.15. The highest BCUT2D eigenvalue weighted by Crippen LogP contribution is 2.27. The summed E-state index contributed by atoms with van der Waals surface area (Å²) in [5.74, 6) is -0.345. The van der Waals surface area contributed by atoms with Gasteiger partial charge in [0.25, 0.3) is 11.8 Å². The van der Waals surface area contributed by atoms with E-state index < -0.39 is 0 Å². The second-order valence-corrected chi connectivity index (χ2v) is 7.81. The van der Waals surface area contributed by atoms with Crippen LogP contribution >= 0.6 is 48.0 Å². The largest absolute Gasteiger partial charge is 0.307 e. The summed E-state index contributed by atoms with van der Waals surface area (Å²) in [4.78, 5) is 24.3. The molecule has 0 atom stereocenters. The molecule has 110 valence electrons. The summed E-state index contributed by atoms with van der Waals surface area (Å²) in [7, 11) is 0.